The third-order valence-electron chi connectivity index (χ3n) is 5.46. The molecule has 1 aliphatic heterocycles. The number of benzene rings is 2. The Balaban J connectivity index is 1.80. The van der Waals surface area contributed by atoms with Crippen molar-refractivity contribution in [1.82, 2.24) is 9.78 Å². The van der Waals surface area contributed by atoms with Gasteiger partial charge in [-0.05, 0) is 38.1 Å². The van der Waals surface area contributed by atoms with Crippen molar-refractivity contribution < 1.29 is 22.7 Å². The first-order valence-electron chi connectivity index (χ1n) is 10.5. The molecule has 0 spiro atoms. The molecular weight excluding hydrogens is 437 g/mol. The first kappa shape index (κ1) is 22.8. The van der Waals surface area contributed by atoms with Crippen molar-refractivity contribution >= 4 is 28.1 Å². The quantitative estimate of drug-likeness (QED) is 0.635. The summed E-state index contributed by atoms with van der Waals surface area (Å²) in [6.07, 6.45) is -4.57. The van der Waals surface area contributed by atoms with Crippen LogP contribution in [-0.2, 0) is 10.9 Å². The molecule has 0 atom stereocenters. The second kappa shape index (κ2) is 8.86. The lowest BCUT2D eigenvalue weighted by atomic mass is 10.1. The van der Waals surface area contributed by atoms with E-state index in [1.54, 1.807) is 38.1 Å². The van der Waals surface area contributed by atoms with Crippen LogP contribution in [-0.4, -0.2) is 42.0 Å². The van der Waals surface area contributed by atoms with Crippen molar-refractivity contribution in [1.29, 1.82) is 0 Å². The van der Waals surface area contributed by atoms with E-state index in [2.05, 4.69) is 10.4 Å². The molecule has 2 heterocycles. The minimum atomic E-state index is -4.57. The number of halogens is 3. The van der Waals surface area contributed by atoms with Gasteiger partial charge in [0.05, 0.1) is 41.6 Å². The maximum Gasteiger partial charge on any atom is 0.416 e. The van der Waals surface area contributed by atoms with E-state index >= 15 is 0 Å². The fraction of sp³-hybridized carbons (Fsp3) is 0.348. The second-order valence-electron chi connectivity index (χ2n) is 8.02. The maximum absolute atomic E-state index is 13.4. The van der Waals surface area contributed by atoms with Crippen molar-refractivity contribution in [2.24, 2.45) is 0 Å². The summed E-state index contributed by atoms with van der Waals surface area (Å²) in [5, 5.41) is 7.50. The Labute approximate surface area is 187 Å². The zero-order valence-electron chi connectivity index (χ0n) is 18.1. The number of hydrogen-bond donors (Lipinski definition) is 1. The van der Waals surface area contributed by atoms with Crippen molar-refractivity contribution in [2.75, 3.05) is 36.5 Å². The van der Waals surface area contributed by atoms with E-state index in [1.165, 1.54) is 10.7 Å². The number of carbonyl (C=O) groups excluding carboxylic acids is 1. The monoisotopic (exact) mass is 460 g/mol. The van der Waals surface area contributed by atoms with Crippen LogP contribution in [0, 0.1) is 0 Å². The highest BCUT2D eigenvalue weighted by Crippen LogP contribution is 2.36. The van der Waals surface area contributed by atoms with Crippen LogP contribution in [0.15, 0.2) is 47.3 Å². The van der Waals surface area contributed by atoms with Crippen LogP contribution in [0.4, 0.5) is 24.5 Å². The number of aromatic nitrogens is 2. The maximum atomic E-state index is 13.4. The number of ether oxygens (including phenoxy) is 1. The van der Waals surface area contributed by atoms with Gasteiger partial charge in [0.15, 0.2) is 5.69 Å². The summed E-state index contributed by atoms with van der Waals surface area (Å²) in [4.78, 5) is 27.9. The summed E-state index contributed by atoms with van der Waals surface area (Å²) in [5.74, 6) is -0.700. The molecule has 2 aromatic carbocycles. The topological polar surface area (TPSA) is 76.5 Å². The molecule has 1 aromatic heterocycles. The van der Waals surface area contributed by atoms with Crippen LogP contribution in [0.5, 0.6) is 0 Å². The van der Waals surface area contributed by atoms with Gasteiger partial charge in [-0.25, -0.2) is 4.68 Å². The molecule has 0 unspecified atom stereocenters. The van der Waals surface area contributed by atoms with Crippen molar-refractivity contribution in [2.45, 2.75) is 26.1 Å². The number of anilines is 2. The minimum Gasteiger partial charge on any atom is -0.378 e. The van der Waals surface area contributed by atoms with E-state index in [0.717, 1.165) is 12.1 Å². The van der Waals surface area contributed by atoms with Crippen LogP contribution < -0.4 is 15.8 Å². The predicted molar refractivity (Wildman–Crippen MR) is 119 cm³/mol. The van der Waals surface area contributed by atoms with Gasteiger partial charge in [0.25, 0.3) is 11.5 Å². The van der Waals surface area contributed by atoms with Crippen LogP contribution in [0.25, 0.3) is 10.8 Å². The van der Waals surface area contributed by atoms with Crippen molar-refractivity contribution in [3.05, 3.63) is 64.1 Å². The van der Waals surface area contributed by atoms with E-state index in [9.17, 15) is 22.8 Å². The average molecular weight is 460 g/mol. The van der Waals surface area contributed by atoms with E-state index in [0.29, 0.717) is 42.8 Å². The molecule has 1 saturated heterocycles. The third kappa shape index (κ3) is 4.56. The van der Waals surface area contributed by atoms with Crippen LogP contribution in [0.1, 0.15) is 35.9 Å². The molecule has 0 aliphatic carbocycles. The van der Waals surface area contributed by atoms with E-state index < -0.39 is 17.6 Å². The number of carbonyl (C=O) groups is 1. The van der Waals surface area contributed by atoms with Crippen LogP contribution in [0.3, 0.4) is 0 Å². The first-order valence-corrected chi connectivity index (χ1v) is 10.5. The summed E-state index contributed by atoms with van der Waals surface area (Å²) < 4.78 is 46.7. The summed E-state index contributed by atoms with van der Waals surface area (Å²) in [6.45, 7) is 5.34. The number of alkyl halides is 3. The highest BCUT2D eigenvalue weighted by molar-refractivity contribution is 6.12. The molecule has 0 bridgehead atoms. The summed E-state index contributed by atoms with van der Waals surface area (Å²) in [7, 11) is 0. The number of amides is 1. The fourth-order valence-electron chi connectivity index (χ4n) is 3.80. The molecule has 0 saturated carbocycles. The third-order valence-corrected chi connectivity index (χ3v) is 5.46. The predicted octanol–water partition coefficient (Wildman–Crippen LogP) is 4.09. The van der Waals surface area contributed by atoms with Gasteiger partial charge in [0.2, 0.25) is 0 Å². The molecule has 174 valence electrons. The molecule has 10 heteroatoms. The van der Waals surface area contributed by atoms with Gasteiger partial charge < -0.3 is 15.0 Å². The molecular formula is C23H23F3N4O3. The lowest BCUT2D eigenvalue weighted by Crippen LogP contribution is -2.37. The molecule has 7 nitrogen and oxygen atoms in total. The summed E-state index contributed by atoms with van der Waals surface area (Å²) in [5.41, 5.74) is -0.778. The molecule has 0 radical (unpaired) electrons. The zero-order valence-corrected chi connectivity index (χ0v) is 18.1. The smallest absolute Gasteiger partial charge is 0.378 e. The van der Waals surface area contributed by atoms with Gasteiger partial charge in [-0.15, -0.1) is 0 Å². The second-order valence-corrected chi connectivity index (χ2v) is 8.02. The lowest BCUT2D eigenvalue weighted by Gasteiger charge is -2.31. The Kier molecular flexibility index (Phi) is 6.11. The highest BCUT2D eigenvalue weighted by Gasteiger charge is 2.32. The number of nitrogens with zero attached hydrogens (tertiary/aromatic N) is 3. The largest absolute Gasteiger partial charge is 0.416 e. The Morgan fingerprint density at radius 1 is 1.09 bits per heavy atom. The zero-order chi connectivity index (χ0) is 23.8. The van der Waals surface area contributed by atoms with Gasteiger partial charge in [0, 0.05) is 18.5 Å². The molecule has 3 aromatic rings. The Morgan fingerprint density at radius 3 is 2.39 bits per heavy atom. The number of morpholine rings is 1. The Bertz CT molecular complexity index is 1250. The average Bonchev–Trinajstić information content (AvgIpc) is 2.79. The van der Waals surface area contributed by atoms with E-state index in [-0.39, 0.29) is 23.0 Å². The number of nitrogens with one attached hydrogen (secondary N) is 1. The molecule has 1 amide bonds. The van der Waals surface area contributed by atoms with Gasteiger partial charge in [0.1, 0.15) is 0 Å². The standard InChI is InChI=1S/C23H23F3N4O3/c1-14(2)30-22(32)17-6-4-3-5-16(17)20(28-30)21(31)27-18-13-15(23(24,25)26)7-8-19(18)29-9-11-33-12-10-29/h3-8,13-14H,9-12H2,1-2H3,(H,27,31). The summed E-state index contributed by atoms with van der Waals surface area (Å²) in [6, 6.07) is 9.49. The van der Waals surface area contributed by atoms with Crippen LogP contribution >= 0.6 is 0 Å². The Morgan fingerprint density at radius 2 is 1.76 bits per heavy atom. The van der Waals surface area contributed by atoms with Crippen molar-refractivity contribution in [3.63, 3.8) is 0 Å². The molecule has 33 heavy (non-hydrogen) atoms. The first-order chi connectivity index (χ1) is 15.7. The summed E-state index contributed by atoms with van der Waals surface area (Å²) >= 11 is 0. The van der Waals surface area contributed by atoms with Gasteiger partial charge in [-0.1, -0.05) is 18.2 Å². The van der Waals surface area contributed by atoms with E-state index in [4.69, 9.17) is 4.74 Å². The molecule has 1 N–H and O–H groups in total. The minimum absolute atomic E-state index is 0.0184. The number of rotatable bonds is 4. The SMILES string of the molecule is CC(C)n1nc(C(=O)Nc2cc(C(F)(F)F)ccc2N2CCOCC2)c2ccccc2c1=O. The fourth-order valence-corrected chi connectivity index (χ4v) is 3.80. The number of fused-ring (bicyclic) bond motifs is 1. The normalized spacial score (nSPS) is 14.7. The van der Waals surface area contributed by atoms with Gasteiger partial charge in [-0.3, -0.25) is 9.59 Å². The molecule has 4 rings (SSSR count). The molecule has 1 aliphatic rings. The number of hydrogen-bond acceptors (Lipinski definition) is 5. The van der Waals surface area contributed by atoms with E-state index in [1.807, 2.05) is 4.90 Å². The lowest BCUT2D eigenvalue weighted by molar-refractivity contribution is -0.137. The molecule has 1 fully saturated rings. The highest BCUT2D eigenvalue weighted by atomic mass is 19.4. The van der Waals surface area contributed by atoms with Crippen molar-refractivity contribution in [3.8, 4) is 0 Å². The van der Waals surface area contributed by atoms with Gasteiger partial charge in [-0.2, -0.15) is 18.3 Å². The van der Waals surface area contributed by atoms with Crippen LogP contribution in [0.2, 0.25) is 0 Å². The Hall–Kier alpha value is -3.40. The van der Waals surface area contributed by atoms with Gasteiger partial charge >= 0.3 is 6.18 Å².